The smallest absolute Gasteiger partial charge is 0.296 e. The van der Waals surface area contributed by atoms with Crippen LogP contribution in [0.1, 0.15) is 23.9 Å². The van der Waals surface area contributed by atoms with E-state index in [9.17, 15) is 4.79 Å². The number of nitrogens with zero attached hydrogens (tertiary/aromatic N) is 2. The van der Waals surface area contributed by atoms with Crippen LogP contribution in [-0.4, -0.2) is 15.7 Å². The minimum absolute atomic E-state index is 0.268. The molecule has 0 aliphatic rings. The van der Waals surface area contributed by atoms with Crippen molar-refractivity contribution in [3.8, 4) is 17.5 Å². The van der Waals surface area contributed by atoms with Crippen LogP contribution in [0.2, 0.25) is 0 Å². The maximum atomic E-state index is 11.4. The summed E-state index contributed by atoms with van der Waals surface area (Å²) in [7, 11) is 0. The molecular weight excluding hydrogens is 250 g/mol. The number of aromatic nitrogens is 2. The highest BCUT2D eigenvalue weighted by atomic mass is 16.1. The highest BCUT2D eigenvalue weighted by molar-refractivity contribution is 5.93. The van der Waals surface area contributed by atoms with E-state index in [2.05, 4.69) is 22.3 Å². The van der Waals surface area contributed by atoms with E-state index in [-0.39, 0.29) is 5.91 Å². The summed E-state index contributed by atoms with van der Waals surface area (Å²) in [5, 5.41) is 7.26. The largest absolute Gasteiger partial charge is 0.341 e. The van der Waals surface area contributed by atoms with E-state index in [0.717, 1.165) is 22.6 Å². The Bertz CT molecular complexity index is 689. The SMILES string of the molecule is CC#CC(=O)NCc1ccccc1-n1nc(C)cc1C. The fraction of sp³-hybridized carbons (Fsp3) is 0.250. The topological polar surface area (TPSA) is 46.9 Å². The van der Waals surface area contributed by atoms with Gasteiger partial charge in [0, 0.05) is 12.2 Å². The van der Waals surface area contributed by atoms with E-state index in [1.54, 1.807) is 6.92 Å². The number of rotatable bonds is 3. The van der Waals surface area contributed by atoms with E-state index >= 15 is 0 Å². The molecule has 0 atom stereocenters. The molecule has 0 aliphatic carbocycles. The highest BCUT2D eigenvalue weighted by Gasteiger charge is 2.08. The van der Waals surface area contributed by atoms with Gasteiger partial charge in [-0.1, -0.05) is 24.1 Å². The summed E-state index contributed by atoms with van der Waals surface area (Å²) in [5.74, 6) is 4.78. The third kappa shape index (κ3) is 3.07. The minimum atomic E-state index is -0.268. The molecule has 2 rings (SSSR count). The van der Waals surface area contributed by atoms with E-state index < -0.39 is 0 Å². The molecular formula is C16H17N3O. The van der Waals surface area contributed by atoms with Gasteiger partial charge < -0.3 is 5.32 Å². The van der Waals surface area contributed by atoms with Crippen molar-refractivity contribution in [2.24, 2.45) is 0 Å². The molecule has 20 heavy (non-hydrogen) atoms. The summed E-state index contributed by atoms with van der Waals surface area (Å²) < 4.78 is 1.89. The maximum Gasteiger partial charge on any atom is 0.296 e. The molecule has 1 heterocycles. The molecule has 0 bridgehead atoms. The van der Waals surface area contributed by atoms with Crippen molar-refractivity contribution in [2.75, 3.05) is 0 Å². The molecule has 0 saturated carbocycles. The van der Waals surface area contributed by atoms with Crippen LogP contribution in [-0.2, 0) is 11.3 Å². The molecule has 1 aromatic heterocycles. The molecule has 0 saturated heterocycles. The predicted molar refractivity (Wildman–Crippen MR) is 78.3 cm³/mol. The molecule has 4 nitrogen and oxygen atoms in total. The number of carbonyl (C=O) groups excluding carboxylic acids is 1. The Hall–Kier alpha value is -2.54. The first-order valence-corrected chi connectivity index (χ1v) is 6.44. The fourth-order valence-electron chi connectivity index (χ4n) is 2.07. The maximum absolute atomic E-state index is 11.4. The lowest BCUT2D eigenvalue weighted by Crippen LogP contribution is -2.21. The van der Waals surface area contributed by atoms with E-state index in [1.807, 2.05) is 48.9 Å². The van der Waals surface area contributed by atoms with Gasteiger partial charge in [-0.15, -0.1) is 0 Å². The van der Waals surface area contributed by atoms with Crippen LogP contribution < -0.4 is 5.32 Å². The summed E-state index contributed by atoms with van der Waals surface area (Å²) in [5.41, 5.74) is 4.01. The number of hydrogen-bond acceptors (Lipinski definition) is 2. The number of para-hydroxylation sites is 1. The van der Waals surface area contributed by atoms with Gasteiger partial charge in [-0.3, -0.25) is 4.79 Å². The lowest BCUT2D eigenvalue weighted by molar-refractivity contribution is -0.115. The molecule has 0 spiro atoms. The molecule has 4 heteroatoms. The summed E-state index contributed by atoms with van der Waals surface area (Å²) >= 11 is 0. The van der Waals surface area contributed by atoms with Gasteiger partial charge in [0.15, 0.2) is 0 Å². The van der Waals surface area contributed by atoms with Gasteiger partial charge >= 0.3 is 0 Å². The summed E-state index contributed by atoms with van der Waals surface area (Å²) in [6.45, 7) is 6.05. The second-order valence-corrected chi connectivity index (χ2v) is 4.53. The molecule has 2 aromatic rings. The summed E-state index contributed by atoms with van der Waals surface area (Å²) in [4.78, 5) is 11.4. The van der Waals surface area contributed by atoms with Gasteiger partial charge in [-0.2, -0.15) is 5.10 Å². The standard InChI is InChI=1S/C16H17N3O/c1-4-7-16(20)17-11-14-8-5-6-9-15(14)19-13(3)10-12(2)18-19/h5-6,8-10H,11H2,1-3H3,(H,17,20). The first-order chi connectivity index (χ1) is 9.61. The Balaban J connectivity index is 2.28. The first kappa shape index (κ1) is 13.9. The van der Waals surface area contributed by atoms with Crippen molar-refractivity contribution < 1.29 is 4.79 Å². The van der Waals surface area contributed by atoms with Crippen LogP contribution in [0.25, 0.3) is 5.69 Å². The predicted octanol–water partition coefficient (Wildman–Crippen LogP) is 2.13. The van der Waals surface area contributed by atoms with Crippen molar-refractivity contribution in [1.82, 2.24) is 15.1 Å². The van der Waals surface area contributed by atoms with Crippen LogP contribution >= 0.6 is 0 Å². The monoisotopic (exact) mass is 267 g/mol. The molecule has 0 unspecified atom stereocenters. The number of aryl methyl sites for hydroxylation is 2. The third-order valence-corrected chi connectivity index (χ3v) is 2.91. The van der Waals surface area contributed by atoms with E-state index in [4.69, 9.17) is 0 Å². The lowest BCUT2D eigenvalue weighted by Gasteiger charge is -2.11. The van der Waals surface area contributed by atoms with Crippen molar-refractivity contribution in [3.63, 3.8) is 0 Å². The number of benzene rings is 1. The quantitative estimate of drug-likeness (QED) is 0.866. The van der Waals surface area contributed by atoms with Crippen LogP contribution in [0, 0.1) is 25.7 Å². The summed E-state index contributed by atoms with van der Waals surface area (Å²) in [6.07, 6.45) is 0. The van der Waals surface area contributed by atoms with E-state index in [1.165, 1.54) is 0 Å². The fourth-order valence-corrected chi connectivity index (χ4v) is 2.07. The van der Waals surface area contributed by atoms with Gasteiger partial charge in [-0.05, 0) is 44.4 Å². The highest BCUT2D eigenvalue weighted by Crippen LogP contribution is 2.16. The van der Waals surface area contributed by atoms with Gasteiger partial charge in [0.2, 0.25) is 0 Å². The molecule has 102 valence electrons. The number of carbonyl (C=O) groups is 1. The third-order valence-electron chi connectivity index (χ3n) is 2.91. The Morgan fingerprint density at radius 2 is 2.10 bits per heavy atom. The molecule has 1 N–H and O–H groups in total. The zero-order valence-electron chi connectivity index (χ0n) is 11.9. The van der Waals surface area contributed by atoms with Gasteiger partial charge in [0.05, 0.1) is 11.4 Å². The second-order valence-electron chi connectivity index (χ2n) is 4.53. The van der Waals surface area contributed by atoms with Gasteiger partial charge in [0.25, 0.3) is 5.91 Å². The van der Waals surface area contributed by atoms with Crippen LogP contribution in [0.5, 0.6) is 0 Å². The normalized spacial score (nSPS) is 9.75. The molecule has 0 fully saturated rings. The number of nitrogens with one attached hydrogen (secondary N) is 1. The zero-order valence-corrected chi connectivity index (χ0v) is 11.9. The first-order valence-electron chi connectivity index (χ1n) is 6.44. The van der Waals surface area contributed by atoms with Crippen molar-refractivity contribution in [3.05, 3.63) is 47.3 Å². The number of amides is 1. The van der Waals surface area contributed by atoms with Crippen molar-refractivity contribution >= 4 is 5.91 Å². The zero-order chi connectivity index (χ0) is 14.5. The molecule has 1 aromatic carbocycles. The second kappa shape index (κ2) is 6.07. The molecule has 0 radical (unpaired) electrons. The van der Waals surface area contributed by atoms with Gasteiger partial charge in [0.1, 0.15) is 0 Å². The average molecular weight is 267 g/mol. The average Bonchev–Trinajstić information content (AvgIpc) is 2.76. The molecule has 1 amide bonds. The van der Waals surface area contributed by atoms with Crippen LogP contribution in [0.4, 0.5) is 0 Å². The van der Waals surface area contributed by atoms with Gasteiger partial charge in [-0.25, -0.2) is 4.68 Å². The van der Waals surface area contributed by atoms with Crippen molar-refractivity contribution in [2.45, 2.75) is 27.3 Å². The van der Waals surface area contributed by atoms with Crippen LogP contribution in [0.3, 0.4) is 0 Å². The minimum Gasteiger partial charge on any atom is -0.341 e. The molecule has 0 aliphatic heterocycles. The Labute approximate surface area is 118 Å². The van der Waals surface area contributed by atoms with Crippen molar-refractivity contribution in [1.29, 1.82) is 0 Å². The lowest BCUT2D eigenvalue weighted by atomic mass is 10.1. The Morgan fingerprint density at radius 1 is 1.35 bits per heavy atom. The van der Waals surface area contributed by atoms with Crippen LogP contribution in [0.15, 0.2) is 30.3 Å². The number of hydrogen-bond donors (Lipinski definition) is 1. The Morgan fingerprint density at radius 3 is 2.75 bits per heavy atom. The Kier molecular flexibility index (Phi) is 4.21. The summed E-state index contributed by atoms with van der Waals surface area (Å²) in [6, 6.07) is 9.90. The van der Waals surface area contributed by atoms with E-state index in [0.29, 0.717) is 6.54 Å².